The molecule has 1 amide bonds. The largest absolute Gasteiger partial charge is 0.328 e. The smallest absolute Gasteiger partial charge is 0.255 e. The van der Waals surface area contributed by atoms with E-state index >= 15 is 0 Å². The highest BCUT2D eigenvalue weighted by Crippen LogP contribution is 2.37. The molecule has 3 heterocycles. The molecule has 4 aromatic rings. The van der Waals surface area contributed by atoms with E-state index in [0.717, 1.165) is 5.56 Å². The average molecular weight is 507 g/mol. The Morgan fingerprint density at radius 3 is 2.71 bits per heavy atom. The summed E-state index contributed by atoms with van der Waals surface area (Å²) in [6.45, 7) is 1.81. The Hall–Kier alpha value is -3.69. The van der Waals surface area contributed by atoms with Crippen LogP contribution in [0, 0.1) is 5.82 Å². The molecular weight excluding hydrogens is 487 g/mol. The molecule has 0 spiro atoms. The molecule has 1 aliphatic rings. The van der Waals surface area contributed by atoms with Crippen molar-refractivity contribution in [1.82, 2.24) is 19.7 Å². The van der Waals surface area contributed by atoms with E-state index in [1.165, 1.54) is 23.9 Å². The van der Waals surface area contributed by atoms with Gasteiger partial charge in [-0.1, -0.05) is 53.7 Å². The van der Waals surface area contributed by atoms with Crippen LogP contribution in [0.15, 0.2) is 89.5 Å². The van der Waals surface area contributed by atoms with Gasteiger partial charge in [-0.3, -0.25) is 9.78 Å². The van der Waals surface area contributed by atoms with Gasteiger partial charge >= 0.3 is 0 Å². The van der Waals surface area contributed by atoms with E-state index in [1.807, 2.05) is 31.2 Å². The molecule has 2 aromatic heterocycles. The molecule has 0 radical (unpaired) electrons. The van der Waals surface area contributed by atoms with Crippen LogP contribution < -0.4 is 10.6 Å². The van der Waals surface area contributed by atoms with E-state index in [-0.39, 0.29) is 11.7 Å². The Kier molecular flexibility index (Phi) is 6.52. The molecule has 0 saturated carbocycles. The number of benzene rings is 2. The molecule has 0 saturated heterocycles. The lowest BCUT2D eigenvalue weighted by Crippen LogP contribution is -2.31. The SMILES string of the molecule is CC1=C(C(=O)Nc2cccnc2)C(c2ccc(F)cc2)n2nc(SCc3ccccc3Cl)nc2N1. The first-order valence-electron chi connectivity index (χ1n) is 10.8. The number of thioether (sulfide) groups is 1. The number of carbonyl (C=O) groups is 1. The summed E-state index contributed by atoms with van der Waals surface area (Å²) in [5.74, 6) is 0.408. The van der Waals surface area contributed by atoms with Crippen molar-refractivity contribution < 1.29 is 9.18 Å². The van der Waals surface area contributed by atoms with Crippen molar-refractivity contribution >= 4 is 40.9 Å². The molecule has 35 heavy (non-hydrogen) atoms. The summed E-state index contributed by atoms with van der Waals surface area (Å²) >= 11 is 7.73. The molecular formula is C25H20ClFN6OS. The summed E-state index contributed by atoms with van der Waals surface area (Å²) in [4.78, 5) is 22.1. The van der Waals surface area contributed by atoms with Gasteiger partial charge in [-0.15, -0.1) is 5.10 Å². The molecule has 2 N–H and O–H groups in total. The maximum Gasteiger partial charge on any atom is 0.255 e. The van der Waals surface area contributed by atoms with Crippen LogP contribution in [0.3, 0.4) is 0 Å². The van der Waals surface area contributed by atoms with Gasteiger partial charge in [0.05, 0.1) is 17.5 Å². The fraction of sp³-hybridized carbons (Fsp3) is 0.120. The summed E-state index contributed by atoms with van der Waals surface area (Å²) < 4.78 is 15.4. The van der Waals surface area contributed by atoms with E-state index in [2.05, 4.69) is 20.6 Å². The predicted octanol–water partition coefficient (Wildman–Crippen LogP) is 5.69. The van der Waals surface area contributed by atoms with Gasteiger partial charge in [-0.2, -0.15) is 4.98 Å². The fourth-order valence-corrected chi connectivity index (χ4v) is 4.95. The lowest BCUT2D eigenvalue weighted by molar-refractivity contribution is -0.113. The topological polar surface area (TPSA) is 84.7 Å². The zero-order valence-electron chi connectivity index (χ0n) is 18.6. The number of anilines is 2. The second-order valence-corrected chi connectivity index (χ2v) is 9.21. The molecule has 1 aliphatic heterocycles. The van der Waals surface area contributed by atoms with Crippen molar-refractivity contribution in [3.05, 3.63) is 106 Å². The van der Waals surface area contributed by atoms with Gasteiger partial charge in [0.15, 0.2) is 0 Å². The van der Waals surface area contributed by atoms with Crippen LogP contribution in [-0.2, 0) is 10.5 Å². The monoisotopic (exact) mass is 506 g/mol. The van der Waals surface area contributed by atoms with Crippen molar-refractivity contribution in [3.63, 3.8) is 0 Å². The normalized spacial score (nSPS) is 14.9. The number of nitrogens with one attached hydrogen (secondary N) is 2. The van der Waals surface area contributed by atoms with Gasteiger partial charge in [0, 0.05) is 22.7 Å². The zero-order valence-corrected chi connectivity index (χ0v) is 20.1. The van der Waals surface area contributed by atoms with Gasteiger partial charge < -0.3 is 10.6 Å². The number of halogens is 2. The quantitative estimate of drug-likeness (QED) is 0.327. The summed E-state index contributed by atoms with van der Waals surface area (Å²) in [6.07, 6.45) is 3.20. The maximum absolute atomic E-state index is 13.7. The van der Waals surface area contributed by atoms with Gasteiger partial charge in [-0.25, -0.2) is 9.07 Å². The number of pyridine rings is 1. The van der Waals surface area contributed by atoms with E-state index in [4.69, 9.17) is 16.7 Å². The number of hydrogen-bond acceptors (Lipinski definition) is 6. The molecule has 0 bridgehead atoms. The number of rotatable bonds is 6. The number of fused-ring (bicyclic) bond motifs is 1. The Morgan fingerprint density at radius 2 is 1.97 bits per heavy atom. The minimum Gasteiger partial charge on any atom is -0.328 e. The predicted molar refractivity (Wildman–Crippen MR) is 135 cm³/mol. The van der Waals surface area contributed by atoms with E-state index < -0.39 is 6.04 Å². The second-order valence-electron chi connectivity index (χ2n) is 7.86. The third kappa shape index (κ3) is 4.91. The number of allylic oxidation sites excluding steroid dienone is 1. The third-order valence-electron chi connectivity index (χ3n) is 5.50. The number of hydrogen-bond donors (Lipinski definition) is 2. The molecule has 7 nitrogen and oxygen atoms in total. The zero-order chi connectivity index (χ0) is 24.4. The van der Waals surface area contributed by atoms with Crippen molar-refractivity contribution in [2.75, 3.05) is 10.6 Å². The lowest BCUT2D eigenvalue weighted by Gasteiger charge is -2.28. The van der Waals surface area contributed by atoms with E-state index in [1.54, 1.807) is 41.3 Å². The molecule has 5 rings (SSSR count). The summed E-state index contributed by atoms with van der Waals surface area (Å²) in [5, 5.41) is 12.0. The first-order chi connectivity index (χ1) is 17.0. The van der Waals surface area contributed by atoms with Crippen molar-refractivity contribution in [2.24, 2.45) is 0 Å². The van der Waals surface area contributed by atoms with Crippen LogP contribution in [0.2, 0.25) is 5.02 Å². The number of amides is 1. The molecule has 10 heteroatoms. The van der Waals surface area contributed by atoms with Crippen LogP contribution in [-0.4, -0.2) is 25.7 Å². The lowest BCUT2D eigenvalue weighted by atomic mass is 9.95. The van der Waals surface area contributed by atoms with Crippen LogP contribution >= 0.6 is 23.4 Å². The Balaban J connectivity index is 1.49. The third-order valence-corrected chi connectivity index (χ3v) is 6.75. The molecule has 0 fully saturated rings. The Bertz CT molecular complexity index is 1410. The molecule has 1 atom stereocenters. The standard InChI is InChI=1S/C25H20ClFN6OS/c1-15-21(23(34)30-19-6-4-12-28-13-19)22(16-8-10-18(27)11-9-16)33-24(29-15)31-25(32-33)35-14-17-5-2-3-7-20(17)26/h2-13,22H,14H2,1H3,(H,30,34)(H,29,31,32). The maximum atomic E-state index is 13.7. The number of aromatic nitrogens is 4. The van der Waals surface area contributed by atoms with E-state index in [0.29, 0.717) is 44.4 Å². The Morgan fingerprint density at radius 1 is 1.17 bits per heavy atom. The average Bonchev–Trinajstić information content (AvgIpc) is 3.26. The first-order valence-corrected chi connectivity index (χ1v) is 12.1. The van der Waals surface area contributed by atoms with Gasteiger partial charge in [0.1, 0.15) is 11.9 Å². The number of carbonyl (C=O) groups excluding carboxylic acids is 1. The van der Waals surface area contributed by atoms with Crippen LogP contribution in [0.1, 0.15) is 24.1 Å². The van der Waals surface area contributed by atoms with Crippen LogP contribution in [0.25, 0.3) is 0 Å². The van der Waals surface area contributed by atoms with E-state index in [9.17, 15) is 9.18 Å². The molecule has 176 valence electrons. The first kappa shape index (κ1) is 23.1. The molecule has 1 unspecified atom stereocenters. The van der Waals surface area contributed by atoms with Crippen molar-refractivity contribution in [3.8, 4) is 0 Å². The van der Waals surface area contributed by atoms with Gasteiger partial charge in [0.25, 0.3) is 5.91 Å². The van der Waals surface area contributed by atoms with Crippen LogP contribution in [0.5, 0.6) is 0 Å². The van der Waals surface area contributed by atoms with Crippen molar-refractivity contribution in [1.29, 1.82) is 0 Å². The second kappa shape index (κ2) is 9.89. The van der Waals surface area contributed by atoms with Crippen molar-refractivity contribution in [2.45, 2.75) is 23.9 Å². The van der Waals surface area contributed by atoms with Gasteiger partial charge in [-0.05, 0) is 48.4 Å². The summed E-state index contributed by atoms with van der Waals surface area (Å²) in [7, 11) is 0. The highest BCUT2D eigenvalue weighted by Gasteiger charge is 2.34. The fourth-order valence-electron chi connectivity index (χ4n) is 3.83. The van der Waals surface area contributed by atoms with Gasteiger partial charge in [0.2, 0.25) is 11.1 Å². The summed E-state index contributed by atoms with van der Waals surface area (Å²) in [5.41, 5.74) is 3.32. The highest BCUT2D eigenvalue weighted by molar-refractivity contribution is 7.98. The molecule has 0 aliphatic carbocycles. The summed E-state index contributed by atoms with van der Waals surface area (Å²) in [6, 6.07) is 16.5. The Labute approximate surface area is 210 Å². The van der Waals surface area contributed by atoms with Crippen LogP contribution in [0.4, 0.5) is 16.0 Å². The minimum absolute atomic E-state index is 0.316. The minimum atomic E-state index is -0.606. The molecule has 2 aromatic carbocycles. The number of nitrogens with zero attached hydrogens (tertiary/aromatic N) is 4. The highest BCUT2D eigenvalue weighted by atomic mass is 35.5.